The van der Waals surface area contributed by atoms with E-state index in [1.807, 2.05) is 0 Å². The monoisotopic (exact) mass is 332 g/mol. The van der Waals surface area contributed by atoms with E-state index in [2.05, 4.69) is 4.98 Å². The van der Waals surface area contributed by atoms with Crippen LogP contribution in [0, 0.1) is 0 Å². The summed E-state index contributed by atoms with van der Waals surface area (Å²) in [6.45, 7) is 3.25. The highest BCUT2D eigenvalue weighted by Crippen LogP contribution is 2.25. The van der Waals surface area contributed by atoms with Crippen molar-refractivity contribution in [1.29, 1.82) is 0 Å². The predicted molar refractivity (Wildman–Crippen MR) is 75.5 cm³/mol. The Balaban J connectivity index is 2.01. The van der Waals surface area contributed by atoms with Gasteiger partial charge in [-0.3, -0.25) is 9.78 Å². The van der Waals surface area contributed by atoms with Gasteiger partial charge in [0, 0.05) is 31.4 Å². The van der Waals surface area contributed by atoms with Gasteiger partial charge in [-0.1, -0.05) is 6.07 Å². The number of nitrogens with zero attached hydrogens (tertiary/aromatic N) is 2. The first-order valence-electron chi connectivity index (χ1n) is 7.25. The second-order valence-electron chi connectivity index (χ2n) is 5.77. The van der Waals surface area contributed by atoms with Crippen molar-refractivity contribution in [2.75, 3.05) is 19.7 Å². The van der Waals surface area contributed by atoms with Crippen LogP contribution in [0.15, 0.2) is 24.4 Å². The minimum atomic E-state index is -4.92. The summed E-state index contributed by atoms with van der Waals surface area (Å²) >= 11 is 0. The fourth-order valence-corrected chi connectivity index (χ4v) is 2.35. The van der Waals surface area contributed by atoms with Crippen molar-refractivity contribution in [3.63, 3.8) is 0 Å². The van der Waals surface area contributed by atoms with Gasteiger partial charge in [0.2, 0.25) is 0 Å². The highest BCUT2D eigenvalue weighted by Gasteiger charge is 2.44. The first-order valence-corrected chi connectivity index (χ1v) is 7.25. The van der Waals surface area contributed by atoms with Gasteiger partial charge in [0.25, 0.3) is 0 Å². The molecule has 1 aliphatic heterocycles. The molecule has 1 aliphatic rings. The first-order chi connectivity index (χ1) is 10.7. The molecule has 0 spiro atoms. The second kappa shape index (κ2) is 6.84. The fourth-order valence-electron chi connectivity index (χ4n) is 2.35. The van der Waals surface area contributed by atoms with Crippen molar-refractivity contribution in [2.24, 2.45) is 0 Å². The van der Waals surface area contributed by atoms with E-state index in [4.69, 9.17) is 9.47 Å². The minimum absolute atomic E-state index is 0.0877. The predicted octanol–water partition coefficient (Wildman–Crippen LogP) is 2.17. The van der Waals surface area contributed by atoms with E-state index in [0.29, 0.717) is 5.69 Å². The molecule has 0 bridgehead atoms. The molecule has 128 valence electrons. The molecule has 0 unspecified atom stereocenters. The van der Waals surface area contributed by atoms with Gasteiger partial charge in [-0.05, 0) is 26.0 Å². The van der Waals surface area contributed by atoms with Crippen molar-refractivity contribution in [3.8, 4) is 0 Å². The first kappa shape index (κ1) is 17.7. The molecule has 1 fully saturated rings. The largest absolute Gasteiger partial charge is 0.471 e. The number of carbonyl (C=O) groups excluding carboxylic acids is 1. The number of rotatable bonds is 5. The zero-order valence-corrected chi connectivity index (χ0v) is 13.0. The Morgan fingerprint density at radius 1 is 1.43 bits per heavy atom. The Morgan fingerprint density at radius 2 is 2.17 bits per heavy atom. The SMILES string of the molecule is CC1(C)OC[C@H](CN(CCc2ccccn2)C(=O)C(F)(F)F)O1. The van der Waals surface area contributed by atoms with E-state index in [0.717, 1.165) is 4.90 Å². The average molecular weight is 332 g/mol. The molecule has 0 radical (unpaired) electrons. The molecule has 1 aromatic heterocycles. The molecule has 1 aromatic rings. The Morgan fingerprint density at radius 3 is 2.70 bits per heavy atom. The van der Waals surface area contributed by atoms with Gasteiger partial charge < -0.3 is 14.4 Å². The van der Waals surface area contributed by atoms with Crippen LogP contribution in [0.2, 0.25) is 0 Å². The van der Waals surface area contributed by atoms with Crippen LogP contribution in [-0.2, 0) is 20.7 Å². The third-order valence-corrected chi connectivity index (χ3v) is 3.39. The van der Waals surface area contributed by atoms with Crippen LogP contribution in [0.1, 0.15) is 19.5 Å². The number of ether oxygens (including phenoxy) is 2. The molecule has 2 heterocycles. The van der Waals surface area contributed by atoms with E-state index in [1.54, 1.807) is 38.2 Å². The molecular weight excluding hydrogens is 313 g/mol. The van der Waals surface area contributed by atoms with E-state index in [9.17, 15) is 18.0 Å². The molecule has 2 rings (SSSR count). The fraction of sp³-hybridized carbons (Fsp3) is 0.600. The maximum absolute atomic E-state index is 12.8. The molecule has 8 heteroatoms. The molecule has 1 atom stereocenters. The molecule has 0 saturated carbocycles. The van der Waals surface area contributed by atoms with Crippen LogP contribution in [0.3, 0.4) is 0 Å². The smallest absolute Gasteiger partial charge is 0.348 e. The number of halogens is 3. The Bertz CT molecular complexity index is 535. The van der Waals surface area contributed by atoms with Gasteiger partial charge in [-0.2, -0.15) is 13.2 Å². The molecular formula is C15H19F3N2O3. The van der Waals surface area contributed by atoms with E-state index >= 15 is 0 Å². The third-order valence-electron chi connectivity index (χ3n) is 3.39. The van der Waals surface area contributed by atoms with Crippen LogP contribution < -0.4 is 0 Å². The maximum Gasteiger partial charge on any atom is 0.471 e. The zero-order chi connectivity index (χ0) is 17.1. The second-order valence-corrected chi connectivity index (χ2v) is 5.77. The van der Waals surface area contributed by atoms with Gasteiger partial charge in [-0.25, -0.2) is 0 Å². The normalized spacial score (nSPS) is 20.5. The molecule has 0 N–H and O–H groups in total. The zero-order valence-electron chi connectivity index (χ0n) is 13.0. The highest BCUT2D eigenvalue weighted by atomic mass is 19.4. The van der Waals surface area contributed by atoms with E-state index < -0.39 is 24.0 Å². The lowest BCUT2D eigenvalue weighted by Crippen LogP contribution is -2.46. The summed E-state index contributed by atoms with van der Waals surface area (Å²) in [4.78, 5) is 16.4. The minimum Gasteiger partial charge on any atom is -0.348 e. The number of pyridine rings is 1. The van der Waals surface area contributed by atoms with Gasteiger partial charge in [0.15, 0.2) is 5.79 Å². The van der Waals surface area contributed by atoms with Crippen molar-refractivity contribution in [1.82, 2.24) is 9.88 Å². The number of aromatic nitrogens is 1. The van der Waals surface area contributed by atoms with Crippen LogP contribution in [0.4, 0.5) is 13.2 Å². The molecule has 5 nitrogen and oxygen atoms in total. The lowest BCUT2D eigenvalue weighted by atomic mass is 10.2. The molecule has 23 heavy (non-hydrogen) atoms. The Hall–Kier alpha value is -1.67. The summed E-state index contributed by atoms with van der Waals surface area (Å²) in [5.74, 6) is -2.72. The highest BCUT2D eigenvalue weighted by molar-refractivity contribution is 5.81. The van der Waals surface area contributed by atoms with Crippen molar-refractivity contribution >= 4 is 5.91 Å². The summed E-state index contributed by atoms with van der Waals surface area (Å²) in [6, 6.07) is 5.16. The Labute approximate surface area is 132 Å². The van der Waals surface area contributed by atoms with Crippen molar-refractivity contribution in [2.45, 2.75) is 38.3 Å². The quantitative estimate of drug-likeness (QED) is 0.829. The number of hydrogen-bond acceptors (Lipinski definition) is 4. The topological polar surface area (TPSA) is 51.7 Å². The van der Waals surface area contributed by atoms with Crippen molar-refractivity contribution in [3.05, 3.63) is 30.1 Å². The molecule has 0 aliphatic carbocycles. The number of alkyl halides is 3. The van der Waals surface area contributed by atoms with Crippen LogP contribution >= 0.6 is 0 Å². The maximum atomic E-state index is 12.8. The summed E-state index contributed by atoms with van der Waals surface area (Å²) in [5, 5.41) is 0. The summed E-state index contributed by atoms with van der Waals surface area (Å²) in [7, 11) is 0. The molecule has 1 saturated heterocycles. The third kappa shape index (κ3) is 5.18. The van der Waals surface area contributed by atoms with Gasteiger partial charge >= 0.3 is 12.1 Å². The van der Waals surface area contributed by atoms with Crippen LogP contribution in [0.5, 0.6) is 0 Å². The summed E-state index contributed by atoms with van der Waals surface area (Å²) < 4.78 is 49.1. The van der Waals surface area contributed by atoms with Crippen molar-refractivity contribution < 1.29 is 27.4 Å². The van der Waals surface area contributed by atoms with Gasteiger partial charge in [-0.15, -0.1) is 0 Å². The van der Waals surface area contributed by atoms with E-state index in [-0.39, 0.29) is 26.1 Å². The van der Waals surface area contributed by atoms with E-state index in [1.165, 1.54) is 0 Å². The summed E-state index contributed by atoms with van der Waals surface area (Å²) in [6.07, 6.45) is -3.71. The number of amides is 1. The number of hydrogen-bond donors (Lipinski definition) is 0. The molecule has 1 amide bonds. The number of carbonyl (C=O) groups is 1. The Kier molecular flexibility index (Phi) is 5.26. The summed E-state index contributed by atoms with van der Waals surface area (Å²) in [5.41, 5.74) is 0.622. The lowest BCUT2D eigenvalue weighted by molar-refractivity contribution is -0.188. The standard InChI is InChI=1S/C15H19F3N2O3/c1-14(2)22-10-12(23-14)9-20(13(21)15(16,17)18)8-6-11-5-3-4-7-19-11/h3-5,7,12H,6,8-10H2,1-2H3/t12-/m0/s1. The van der Waals surface area contributed by atoms with Gasteiger partial charge in [0.1, 0.15) is 6.10 Å². The van der Waals surface area contributed by atoms with Crippen LogP contribution in [0.25, 0.3) is 0 Å². The lowest BCUT2D eigenvalue weighted by Gasteiger charge is -2.26. The van der Waals surface area contributed by atoms with Crippen LogP contribution in [-0.4, -0.2) is 53.6 Å². The van der Waals surface area contributed by atoms with Gasteiger partial charge in [0.05, 0.1) is 6.61 Å². The average Bonchev–Trinajstić information content (AvgIpc) is 2.82. The molecule has 0 aromatic carbocycles.